The van der Waals surface area contributed by atoms with Crippen molar-refractivity contribution in [3.05, 3.63) is 42.1 Å². The van der Waals surface area contributed by atoms with Crippen LogP contribution in [0.25, 0.3) is 10.9 Å². The number of rotatable bonds is 0. The molecule has 0 bridgehead atoms. The van der Waals surface area contributed by atoms with E-state index < -0.39 is 0 Å². The SMILES string of the molecule is C(#CC1CC1)c1cccc2ncccc12. The van der Waals surface area contributed by atoms with Gasteiger partial charge in [-0.1, -0.05) is 24.0 Å². The first-order valence-electron chi connectivity index (χ1n) is 5.29. The topological polar surface area (TPSA) is 12.9 Å². The van der Waals surface area contributed by atoms with E-state index in [0.29, 0.717) is 5.92 Å². The van der Waals surface area contributed by atoms with Crippen LogP contribution in [0.3, 0.4) is 0 Å². The monoisotopic (exact) mass is 193 g/mol. The molecule has 3 rings (SSSR count). The summed E-state index contributed by atoms with van der Waals surface area (Å²) >= 11 is 0. The minimum Gasteiger partial charge on any atom is -0.256 e. The van der Waals surface area contributed by atoms with Crippen LogP contribution in [0, 0.1) is 17.8 Å². The summed E-state index contributed by atoms with van der Waals surface area (Å²) in [5.41, 5.74) is 2.13. The largest absolute Gasteiger partial charge is 0.256 e. The van der Waals surface area contributed by atoms with Crippen LogP contribution in [0.2, 0.25) is 0 Å². The summed E-state index contributed by atoms with van der Waals surface area (Å²) in [6.45, 7) is 0. The second-order valence-corrected chi connectivity index (χ2v) is 3.92. The lowest BCUT2D eigenvalue weighted by Crippen LogP contribution is -1.82. The fourth-order valence-electron chi connectivity index (χ4n) is 1.62. The van der Waals surface area contributed by atoms with E-state index in [9.17, 15) is 0 Å². The van der Waals surface area contributed by atoms with Crippen LogP contribution in [0.1, 0.15) is 18.4 Å². The zero-order valence-corrected chi connectivity index (χ0v) is 8.40. The molecule has 1 heteroatoms. The van der Waals surface area contributed by atoms with Crippen molar-refractivity contribution in [3.8, 4) is 11.8 Å². The molecule has 72 valence electrons. The second-order valence-electron chi connectivity index (χ2n) is 3.92. The van der Waals surface area contributed by atoms with Crippen molar-refractivity contribution in [2.45, 2.75) is 12.8 Å². The smallest absolute Gasteiger partial charge is 0.0714 e. The van der Waals surface area contributed by atoms with Gasteiger partial charge in [0.1, 0.15) is 0 Å². The van der Waals surface area contributed by atoms with Gasteiger partial charge in [0.15, 0.2) is 0 Å². The van der Waals surface area contributed by atoms with Crippen LogP contribution >= 0.6 is 0 Å². The number of nitrogens with zero attached hydrogens (tertiary/aromatic N) is 1. The zero-order chi connectivity index (χ0) is 10.1. The molecule has 1 aliphatic rings. The summed E-state index contributed by atoms with van der Waals surface area (Å²) in [5, 5.41) is 1.16. The molecule has 1 nitrogen and oxygen atoms in total. The number of aromatic nitrogens is 1. The highest BCUT2D eigenvalue weighted by Crippen LogP contribution is 2.27. The van der Waals surface area contributed by atoms with Crippen LogP contribution in [0.5, 0.6) is 0 Å². The molecule has 0 aliphatic heterocycles. The third kappa shape index (κ3) is 1.71. The lowest BCUT2D eigenvalue weighted by molar-refractivity contribution is 1.18. The lowest BCUT2D eigenvalue weighted by atomic mass is 10.1. The van der Waals surface area contributed by atoms with Gasteiger partial charge in [-0.3, -0.25) is 4.98 Å². The van der Waals surface area contributed by atoms with Crippen molar-refractivity contribution < 1.29 is 0 Å². The third-order valence-electron chi connectivity index (χ3n) is 2.63. The quantitative estimate of drug-likeness (QED) is 0.586. The van der Waals surface area contributed by atoms with Crippen molar-refractivity contribution in [1.29, 1.82) is 0 Å². The standard InChI is InChI=1S/C14H11N/c1-3-12(9-8-11-6-7-11)13-4-2-10-15-14(13)5-1/h1-5,10-11H,6-7H2. The van der Waals surface area contributed by atoms with Gasteiger partial charge in [-0.15, -0.1) is 0 Å². The van der Waals surface area contributed by atoms with Crippen LogP contribution in [-0.4, -0.2) is 4.98 Å². The molecule has 1 aliphatic carbocycles. The van der Waals surface area contributed by atoms with E-state index in [4.69, 9.17) is 0 Å². The minimum atomic E-state index is 0.650. The molecule has 15 heavy (non-hydrogen) atoms. The Kier molecular flexibility index (Phi) is 1.93. The average Bonchev–Trinajstić information content (AvgIpc) is 3.10. The number of benzene rings is 1. The molecule has 0 atom stereocenters. The highest BCUT2D eigenvalue weighted by Gasteiger charge is 2.17. The van der Waals surface area contributed by atoms with Crippen LogP contribution in [0.15, 0.2) is 36.5 Å². The Morgan fingerprint density at radius 2 is 2.07 bits per heavy atom. The van der Waals surface area contributed by atoms with E-state index in [1.54, 1.807) is 0 Å². The average molecular weight is 193 g/mol. The van der Waals surface area contributed by atoms with Gasteiger partial charge >= 0.3 is 0 Å². The Morgan fingerprint density at radius 1 is 1.13 bits per heavy atom. The van der Waals surface area contributed by atoms with E-state index in [0.717, 1.165) is 16.5 Å². The fraction of sp³-hybridized carbons (Fsp3) is 0.214. The summed E-state index contributed by atoms with van der Waals surface area (Å²) in [7, 11) is 0. The Hall–Kier alpha value is -1.81. The number of hydrogen-bond acceptors (Lipinski definition) is 1. The maximum Gasteiger partial charge on any atom is 0.0714 e. The molecule has 0 unspecified atom stereocenters. The molecule has 0 spiro atoms. The Labute approximate surface area is 89.2 Å². The molecule has 0 saturated heterocycles. The first-order chi connectivity index (χ1) is 7.43. The summed E-state index contributed by atoms with van der Waals surface area (Å²) in [5.74, 6) is 7.20. The third-order valence-corrected chi connectivity index (χ3v) is 2.63. The van der Waals surface area contributed by atoms with E-state index in [1.807, 2.05) is 24.4 Å². The lowest BCUT2D eigenvalue weighted by Gasteiger charge is -1.98. The van der Waals surface area contributed by atoms with Crippen molar-refractivity contribution in [2.75, 3.05) is 0 Å². The predicted octanol–water partition coefficient (Wildman–Crippen LogP) is 3.00. The van der Waals surface area contributed by atoms with Crippen molar-refractivity contribution in [2.24, 2.45) is 5.92 Å². The fourth-order valence-corrected chi connectivity index (χ4v) is 1.62. The van der Waals surface area contributed by atoms with Crippen LogP contribution < -0.4 is 0 Å². The van der Waals surface area contributed by atoms with E-state index in [1.165, 1.54) is 12.8 Å². The summed E-state index contributed by atoms with van der Waals surface area (Å²) in [6, 6.07) is 10.2. The van der Waals surface area contributed by atoms with Crippen LogP contribution in [-0.2, 0) is 0 Å². The van der Waals surface area contributed by atoms with Gasteiger partial charge in [-0.2, -0.15) is 0 Å². The molecule has 1 fully saturated rings. The molecule has 1 saturated carbocycles. The van der Waals surface area contributed by atoms with Gasteiger partial charge in [0.25, 0.3) is 0 Å². The molecular weight excluding hydrogens is 182 g/mol. The van der Waals surface area contributed by atoms with Gasteiger partial charge in [-0.25, -0.2) is 0 Å². The van der Waals surface area contributed by atoms with Gasteiger partial charge in [0, 0.05) is 23.1 Å². The van der Waals surface area contributed by atoms with E-state index >= 15 is 0 Å². The maximum absolute atomic E-state index is 4.32. The normalized spacial score (nSPS) is 14.7. The molecule has 0 amide bonds. The zero-order valence-electron chi connectivity index (χ0n) is 8.40. The van der Waals surface area contributed by atoms with Gasteiger partial charge in [0.2, 0.25) is 0 Å². The van der Waals surface area contributed by atoms with E-state index in [-0.39, 0.29) is 0 Å². The second kappa shape index (κ2) is 3.40. The molecule has 1 aromatic carbocycles. The molecule has 2 aromatic rings. The first kappa shape index (κ1) is 8.49. The Morgan fingerprint density at radius 3 is 2.93 bits per heavy atom. The summed E-state index contributed by atoms with van der Waals surface area (Å²) < 4.78 is 0. The molecule has 1 aromatic heterocycles. The highest BCUT2D eigenvalue weighted by atomic mass is 14.6. The van der Waals surface area contributed by atoms with Gasteiger partial charge in [0.05, 0.1) is 5.52 Å². The Bertz CT molecular complexity index is 551. The Balaban J connectivity index is 2.13. The number of hydrogen-bond donors (Lipinski definition) is 0. The molecule has 0 radical (unpaired) electrons. The van der Waals surface area contributed by atoms with Crippen LogP contribution in [0.4, 0.5) is 0 Å². The molecule has 0 N–H and O–H groups in total. The first-order valence-corrected chi connectivity index (χ1v) is 5.29. The van der Waals surface area contributed by atoms with Gasteiger partial charge in [-0.05, 0) is 31.0 Å². The number of fused-ring (bicyclic) bond motifs is 1. The van der Waals surface area contributed by atoms with Crippen molar-refractivity contribution in [1.82, 2.24) is 4.98 Å². The predicted molar refractivity (Wildman–Crippen MR) is 61.3 cm³/mol. The summed E-state index contributed by atoms with van der Waals surface area (Å²) in [4.78, 5) is 4.32. The van der Waals surface area contributed by atoms with E-state index in [2.05, 4.69) is 29.0 Å². The van der Waals surface area contributed by atoms with Crippen molar-refractivity contribution in [3.63, 3.8) is 0 Å². The molecular formula is C14H11N. The highest BCUT2D eigenvalue weighted by molar-refractivity contribution is 5.84. The minimum absolute atomic E-state index is 0.650. The summed E-state index contributed by atoms with van der Waals surface area (Å²) in [6.07, 6.45) is 4.37. The number of pyridine rings is 1. The maximum atomic E-state index is 4.32. The van der Waals surface area contributed by atoms with Crippen molar-refractivity contribution >= 4 is 10.9 Å². The molecule has 1 heterocycles. The van der Waals surface area contributed by atoms with Gasteiger partial charge < -0.3 is 0 Å².